The molecule has 6 heteroatoms. The fraction of sp³-hybridized carbons (Fsp3) is 0. The third-order valence-corrected chi connectivity index (χ3v) is 3.29. The van der Waals surface area contributed by atoms with Crippen LogP contribution in [0.25, 0.3) is 22.4 Å². The maximum atomic E-state index is 4.54. The Morgan fingerprint density at radius 3 is 2.68 bits per heavy atom. The molecule has 0 saturated heterocycles. The van der Waals surface area contributed by atoms with Crippen LogP contribution < -0.4 is 5.32 Å². The molecule has 0 saturated carbocycles. The third-order valence-electron chi connectivity index (χ3n) is 3.29. The van der Waals surface area contributed by atoms with Crippen LogP contribution in [0.5, 0.6) is 0 Å². The van der Waals surface area contributed by atoms with Crippen LogP contribution in [0.2, 0.25) is 0 Å². The monoisotopic (exact) mass is 288 g/mol. The zero-order chi connectivity index (χ0) is 14.8. The summed E-state index contributed by atoms with van der Waals surface area (Å²) in [5.74, 6) is 1.29. The number of aromatic nitrogens is 5. The van der Waals surface area contributed by atoms with Crippen LogP contribution in [-0.4, -0.2) is 25.1 Å². The van der Waals surface area contributed by atoms with Gasteiger partial charge in [-0.3, -0.25) is 10.1 Å². The molecule has 106 valence electrons. The second-order valence-corrected chi connectivity index (χ2v) is 4.74. The Kier molecular flexibility index (Phi) is 2.97. The van der Waals surface area contributed by atoms with Crippen LogP contribution in [-0.2, 0) is 0 Å². The number of pyridine rings is 1. The molecule has 4 rings (SSSR count). The number of rotatable bonds is 3. The minimum absolute atomic E-state index is 0.580. The number of benzene rings is 1. The van der Waals surface area contributed by atoms with Gasteiger partial charge in [-0.2, -0.15) is 5.10 Å². The van der Waals surface area contributed by atoms with Gasteiger partial charge in [-0.25, -0.2) is 9.97 Å². The smallest absolute Gasteiger partial charge is 0.182 e. The highest BCUT2D eigenvalue weighted by Gasteiger charge is 2.10. The lowest BCUT2D eigenvalue weighted by Gasteiger charge is -2.05. The van der Waals surface area contributed by atoms with Gasteiger partial charge in [-0.15, -0.1) is 0 Å². The molecule has 0 aliphatic rings. The van der Waals surface area contributed by atoms with E-state index in [-0.39, 0.29) is 0 Å². The number of para-hydroxylation sites is 1. The van der Waals surface area contributed by atoms with Crippen molar-refractivity contribution in [1.82, 2.24) is 25.1 Å². The van der Waals surface area contributed by atoms with E-state index in [1.165, 1.54) is 0 Å². The molecule has 2 N–H and O–H groups in total. The van der Waals surface area contributed by atoms with E-state index >= 15 is 0 Å². The Morgan fingerprint density at radius 1 is 0.909 bits per heavy atom. The molecule has 0 bridgehead atoms. The molecular weight excluding hydrogens is 276 g/mol. The van der Waals surface area contributed by atoms with Gasteiger partial charge < -0.3 is 5.32 Å². The third kappa shape index (κ3) is 2.26. The number of nitrogens with one attached hydrogen (secondary N) is 2. The first kappa shape index (κ1) is 12.5. The summed E-state index contributed by atoms with van der Waals surface area (Å²) >= 11 is 0. The summed E-state index contributed by atoms with van der Waals surface area (Å²) in [5, 5.41) is 11.6. The molecule has 0 radical (unpaired) electrons. The van der Waals surface area contributed by atoms with Crippen molar-refractivity contribution in [3.63, 3.8) is 0 Å². The maximum Gasteiger partial charge on any atom is 0.182 e. The van der Waals surface area contributed by atoms with Crippen LogP contribution in [0.1, 0.15) is 0 Å². The first-order valence-corrected chi connectivity index (χ1v) is 6.84. The Labute approximate surface area is 126 Å². The maximum absolute atomic E-state index is 4.54. The van der Waals surface area contributed by atoms with Crippen molar-refractivity contribution >= 4 is 22.4 Å². The molecular formula is C16H12N6. The molecule has 3 aromatic heterocycles. The highest BCUT2D eigenvalue weighted by atomic mass is 15.1. The molecule has 3 heterocycles. The van der Waals surface area contributed by atoms with E-state index in [1.54, 1.807) is 18.6 Å². The molecule has 1 aromatic carbocycles. The summed E-state index contributed by atoms with van der Waals surface area (Å²) in [6, 6.07) is 13.5. The van der Waals surface area contributed by atoms with Crippen LogP contribution >= 0.6 is 0 Å². The number of fused-ring (bicyclic) bond motifs is 1. The van der Waals surface area contributed by atoms with E-state index in [0.29, 0.717) is 11.6 Å². The molecule has 4 aromatic rings. The Balaban J connectivity index is 1.73. The van der Waals surface area contributed by atoms with Gasteiger partial charge in [0.2, 0.25) is 0 Å². The van der Waals surface area contributed by atoms with E-state index in [1.807, 2.05) is 42.5 Å². The average molecular weight is 288 g/mol. The standard InChI is InChI=1S/C16H12N6/c1-2-4-13-12(3-1)15(22-21-13)16-18-10-7-14(20-16)19-11-5-8-17-9-6-11/h1-10H,(H,21,22)(H,17,18,19,20). The number of nitrogens with zero attached hydrogens (tertiary/aromatic N) is 4. The predicted molar refractivity (Wildman–Crippen MR) is 84.6 cm³/mol. The number of hydrogen-bond acceptors (Lipinski definition) is 5. The van der Waals surface area contributed by atoms with Gasteiger partial charge in [-0.05, 0) is 24.3 Å². The summed E-state index contributed by atoms with van der Waals surface area (Å²) in [5.41, 5.74) is 2.63. The lowest BCUT2D eigenvalue weighted by atomic mass is 10.2. The van der Waals surface area contributed by atoms with E-state index < -0.39 is 0 Å². The van der Waals surface area contributed by atoms with Crippen LogP contribution in [0.4, 0.5) is 11.5 Å². The predicted octanol–water partition coefficient (Wildman–Crippen LogP) is 3.16. The van der Waals surface area contributed by atoms with Crippen molar-refractivity contribution in [2.45, 2.75) is 0 Å². The van der Waals surface area contributed by atoms with E-state index in [0.717, 1.165) is 22.3 Å². The lowest BCUT2D eigenvalue weighted by molar-refractivity contribution is 1.08. The molecule has 0 amide bonds. The molecule has 6 nitrogen and oxygen atoms in total. The SMILES string of the molecule is c1ccc2c(-c3nccc(Nc4ccncc4)n3)n[nH]c2c1. The minimum Gasteiger partial charge on any atom is -0.340 e. The van der Waals surface area contributed by atoms with Crippen LogP contribution in [0, 0.1) is 0 Å². The summed E-state index contributed by atoms with van der Waals surface area (Å²) in [4.78, 5) is 12.9. The van der Waals surface area contributed by atoms with Gasteiger partial charge in [0, 0.05) is 29.7 Å². The summed E-state index contributed by atoms with van der Waals surface area (Å²) in [7, 11) is 0. The average Bonchev–Trinajstić information content (AvgIpc) is 3.00. The molecule has 0 fully saturated rings. The second-order valence-electron chi connectivity index (χ2n) is 4.74. The lowest BCUT2D eigenvalue weighted by Crippen LogP contribution is -1.97. The summed E-state index contributed by atoms with van der Waals surface area (Å²) in [6.45, 7) is 0. The molecule has 22 heavy (non-hydrogen) atoms. The summed E-state index contributed by atoms with van der Waals surface area (Å²) in [6.07, 6.45) is 5.17. The van der Waals surface area contributed by atoms with Crippen molar-refractivity contribution in [2.24, 2.45) is 0 Å². The zero-order valence-corrected chi connectivity index (χ0v) is 11.6. The summed E-state index contributed by atoms with van der Waals surface area (Å²) < 4.78 is 0. The van der Waals surface area contributed by atoms with Crippen molar-refractivity contribution in [3.05, 3.63) is 61.1 Å². The second kappa shape index (κ2) is 5.25. The van der Waals surface area contributed by atoms with Gasteiger partial charge in [0.1, 0.15) is 11.5 Å². The molecule has 0 aliphatic carbocycles. The first-order chi connectivity index (χ1) is 10.9. The van der Waals surface area contributed by atoms with E-state index in [4.69, 9.17) is 0 Å². The van der Waals surface area contributed by atoms with E-state index in [2.05, 4.69) is 30.5 Å². The van der Waals surface area contributed by atoms with Crippen molar-refractivity contribution in [3.8, 4) is 11.5 Å². The van der Waals surface area contributed by atoms with E-state index in [9.17, 15) is 0 Å². The first-order valence-electron chi connectivity index (χ1n) is 6.84. The molecule has 0 atom stereocenters. The number of aromatic amines is 1. The molecule has 0 spiro atoms. The number of anilines is 2. The largest absolute Gasteiger partial charge is 0.340 e. The van der Waals surface area contributed by atoms with Crippen LogP contribution in [0.3, 0.4) is 0 Å². The minimum atomic E-state index is 0.580. The van der Waals surface area contributed by atoms with Crippen molar-refractivity contribution in [2.75, 3.05) is 5.32 Å². The molecule has 0 aliphatic heterocycles. The highest BCUT2D eigenvalue weighted by Crippen LogP contribution is 2.24. The molecule has 0 unspecified atom stereocenters. The van der Waals surface area contributed by atoms with Crippen molar-refractivity contribution < 1.29 is 0 Å². The number of H-pyrrole nitrogens is 1. The Bertz CT molecular complexity index is 916. The van der Waals surface area contributed by atoms with Gasteiger partial charge in [0.05, 0.1) is 5.52 Å². The topological polar surface area (TPSA) is 79.4 Å². The zero-order valence-electron chi connectivity index (χ0n) is 11.6. The van der Waals surface area contributed by atoms with Gasteiger partial charge in [0.25, 0.3) is 0 Å². The van der Waals surface area contributed by atoms with Crippen LogP contribution in [0.15, 0.2) is 61.1 Å². The quantitative estimate of drug-likeness (QED) is 0.605. The fourth-order valence-corrected chi connectivity index (χ4v) is 2.26. The Hall–Kier alpha value is -3.28. The normalized spacial score (nSPS) is 10.7. The highest BCUT2D eigenvalue weighted by molar-refractivity contribution is 5.91. The van der Waals surface area contributed by atoms with Crippen molar-refractivity contribution in [1.29, 1.82) is 0 Å². The van der Waals surface area contributed by atoms with Gasteiger partial charge >= 0.3 is 0 Å². The number of hydrogen-bond donors (Lipinski definition) is 2. The Morgan fingerprint density at radius 2 is 1.77 bits per heavy atom. The fourth-order valence-electron chi connectivity index (χ4n) is 2.26. The van der Waals surface area contributed by atoms with Gasteiger partial charge in [-0.1, -0.05) is 18.2 Å². The van der Waals surface area contributed by atoms with Gasteiger partial charge in [0.15, 0.2) is 5.82 Å².